The number of hydrogen-bond acceptors (Lipinski definition) is 4. The van der Waals surface area contributed by atoms with Crippen molar-refractivity contribution in [1.82, 2.24) is 10.3 Å². The second kappa shape index (κ2) is 7.40. The number of nitrogens with zero attached hydrogens (tertiary/aromatic N) is 1. The van der Waals surface area contributed by atoms with E-state index < -0.39 is 0 Å². The molecule has 0 aliphatic heterocycles. The molecule has 21 heavy (non-hydrogen) atoms. The first-order chi connectivity index (χ1) is 10.2. The molecule has 0 bridgehead atoms. The minimum absolute atomic E-state index is 0.0211. The number of anilines is 1. The van der Waals surface area contributed by atoms with Crippen molar-refractivity contribution in [2.75, 3.05) is 19.0 Å². The van der Waals surface area contributed by atoms with Gasteiger partial charge in [0.15, 0.2) is 0 Å². The van der Waals surface area contributed by atoms with Crippen LogP contribution >= 0.6 is 0 Å². The molecule has 0 saturated carbocycles. The van der Waals surface area contributed by atoms with E-state index in [1.54, 1.807) is 37.6 Å². The molecule has 1 aromatic heterocycles. The molecule has 0 fully saturated rings. The molecule has 2 aromatic rings. The SMILES string of the molecule is COc1ccc(NC(=O)CNC(C)c2ccccn2)cc1. The average molecular weight is 285 g/mol. The molecule has 2 rings (SSSR count). The summed E-state index contributed by atoms with van der Waals surface area (Å²) in [6.07, 6.45) is 1.74. The van der Waals surface area contributed by atoms with Crippen LogP contribution in [0.1, 0.15) is 18.7 Å². The molecule has 0 spiro atoms. The summed E-state index contributed by atoms with van der Waals surface area (Å²) in [5, 5.41) is 5.96. The maximum Gasteiger partial charge on any atom is 0.238 e. The topological polar surface area (TPSA) is 63.2 Å². The summed E-state index contributed by atoms with van der Waals surface area (Å²) in [4.78, 5) is 16.1. The van der Waals surface area contributed by atoms with Crippen LogP contribution < -0.4 is 15.4 Å². The highest BCUT2D eigenvalue weighted by molar-refractivity contribution is 5.92. The van der Waals surface area contributed by atoms with Crippen LogP contribution in [0.3, 0.4) is 0 Å². The van der Waals surface area contributed by atoms with Crippen LogP contribution in [-0.2, 0) is 4.79 Å². The van der Waals surface area contributed by atoms with E-state index in [0.29, 0.717) is 0 Å². The largest absolute Gasteiger partial charge is 0.497 e. The van der Waals surface area contributed by atoms with Crippen molar-refractivity contribution in [3.8, 4) is 5.75 Å². The van der Waals surface area contributed by atoms with Gasteiger partial charge in [-0.05, 0) is 43.3 Å². The van der Waals surface area contributed by atoms with E-state index in [0.717, 1.165) is 17.1 Å². The van der Waals surface area contributed by atoms with E-state index >= 15 is 0 Å². The van der Waals surface area contributed by atoms with Gasteiger partial charge in [0.1, 0.15) is 5.75 Å². The number of nitrogens with one attached hydrogen (secondary N) is 2. The molecule has 1 atom stereocenters. The Kier molecular flexibility index (Phi) is 5.29. The smallest absolute Gasteiger partial charge is 0.238 e. The summed E-state index contributed by atoms with van der Waals surface area (Å²) in [7, 11) is 1.61. The third-order valence-corrected chi connectivity index (χ3v) is 3.07. The van der Waals surface area contributed by atoms with Gasteiger partial charge in [0, 0.05) is 17.9 Å². The van der Waals surface area contributed by atoms with Gasteiger partial charge in [-0.1, -0.05) is 6.07 Å². The molecule has 1 aromatic carbocycles. The van der Waals surface area contributed by atoms with Gasteiger partial charge < -0.3 is 15.4 Å². The van der Waals surface area contributed by atoms with Gasteiger partial charge in [0.2, 0.25) is 5.91 Å². The minimum atomic E-state index is -0.0945. The normalized spacial score (nSPS) is 11.7. The number of rotatable bonds is 6. The Morgan fingerprint density at radius 2 is 2.00 bits per heavy atom. The number of benzene rings is 1. The highest BCUT2D eigenvalue weighted by Crippen LogP contribution is 2.14. The number of hydrogen-bond donors (Lipinski definition) is 2. The molecular formula is C16H19N3O2. The molecule has 2 N–H and O–H groups in total. The Morgan fingerprint density at radius 1 is 1.24 bits per heavy atom. The molecule has 110 valence electrons. The molecule has 0 radical (unpaired) electrons. The van der Waals surface area contributed by atoms with E-state index in [9.17, 15) is 4.79 Å². The van der Waals surface area contributed by atoms with Crippen LogP contribution in [0.2, 0.25) is 0 Å². The molecule has 1 amide bonds. The number of carbonyl (C=O) groups is 1. The Morgan fingerprint density at radius 3 is 2.62 bits per heavy atom. The molecule has 5 heteroatoms. The second-order valence-electron chi connectivity index (χ2n) is 4.63. The van der Waals surface area contributed by atoms with Gasteiger partial charge in [-0.3, -0.25) is 9.78 Å². The molecule has 1 unspecified atom stereocenters. The quantitative estimate of drug-likeness (QED) is 0.855. The fraction of sp³-hybridized carbons (Fsp3) is 0.250. The zero-order valence-corrected chi connectivity index (χ0v) is 12.2. The van der Waals surface area contributed by atoms with Gasteiger partial charge in [-0.2, -0.15) is 0 Å². The zero-order chi connectivity index (χ0) is 15.1. The van der Waals surface area contributed by atoms with Crippen molar-refractivity contribution in [3.05, 3.63) is 54.4 Å². The Labute approximate surface area is 124 Å². The number of carbonyl (C=O) groups excluding carboxylic acids is 1. The van der Waals surface area contributed by atoms with Crippen LogP contribution in [0.25, 0.3) is 0 Å². The van der Waals surface area contributed by atoms with Crippen molar-refractivity contribution < 1.29 is 9.53 Å². The predicted molar refractivity (Wildman–Crippen MR) is 82.3 cm³/mol. The fourth-order valence-corrected chi connectivity index (χ4v) is 1.86. The highest BCUT2D eigenvalue weighted by atomic mass is 16.5. The average Bonchev–Trinajstić information content (AvgIpc) is 2.54. The van der Waals surface area contributed by atoms with Gasteiger partial charge >= 0.3 is 0 Å². The van der Waals surface area contributed by atoms with Gasteiger partial charge in [-0.25, -0.2) is 0 Å². The summed E-state index contributed by atoms with van der Waals surface area (Å²) in [6.45, 7) is 2.20. The van der Waals surface area contributed by atoms with Gasteiger partial charge in [0.05, 0.1) is 19.3 Å². The van der Waals surface area contributed by atoms with Crippen molar-refractivity contribution in [1.29, 1.82) is 0 Å². The van der Waals surface area contributed by atoms with E-state index in [-0.39, 0.29) is 18.5 Å². The number of methoxy groups -OCH3 is 1. The zero-order valence-electron chi connectivity index (χ0n) is 12.2. The number of aromatic nitrogens is 1. The minimum Gasteiger partial charge on any atom is -0.497 e. The molecular weight excluding hydrogens is 266 g/mol. The third-order valence-electron chi connectivity index (χ3n) is 3.07. The van der Waals surface area contributed by atoms with E-state index in [2.05, 4.69) is 15.6 Å². The predicted octanol–water partition coefficient (Wildman–Crippen LogP) is 2.38. The van der Waals surface area contributed by atoms with Gasteiger partial charge in [0.25, 0.3) is 0 Å². The maximum atomic E-state index is 11.9. The number of pyridine rings is 1. The third kappa shape index (κ3) is 4.57. The Hall–Kier alpha value is -2.40. The van der Waals surface area contributed by atoms with Crippen LogP contribution in [0.4, 0.5) is 5.69 Å². The standard InChI is InChI=1S/C16H19N3O2/c1-12(15-5-3-4-10-17-15)18-11-16(20)19-13-6-8-14(21-2)9-7-13/h3-10,12,18H,11H2,1-2H3,(H,19,20). The van der Waals surface area contributed by atoms with Crippen molar-refractivity contribution in [2.45, 2.75) is 13.0 Å². The van der Waals surface area contributed by atoms with E-state index in [1.165, 1.54) is 0 Å². The Bertz CT molecular complexity index is 570. The summed E-state index contributed by atoms with van der Waals surface area (Å²) < 4.78 is 5.07. The summed E-state index contributed by atoms with van der Waals surface area (Å²) in [5.41, 5.74) is 1.66. The summed E-state index contributed by atoms with van der Waals surface area (Å²) in [6, 6.07) is 13.0. The van der Waals surface area contributed by atoms with Crippen molar-refractivity contribution in [2.24, 2.45) is 0 Å². The lowest BCUT2D eigenvalue weighted by atomic mass is 10.2. The summed E-state index contributed by atoms with van der Waals surface area (Å²) >= 11 is 0. The highest BCUT2D eigenvalue weighted by Gasteiger charge is 2.08. The van der Waals surface area contributed by atoms with Crippen LogP contribution in [0, 0.1) is 0 Å². The maximum absolute atomic E-state index is 11.9. The van der Waals surface area contributed by atoms with Crippen LogP contribution in [0.15, 0.2) is 48.7 Å². The first kappa shape index (κ1) is 15.0. The molecule has 0 aliphatic rings. The van der Waals surface area contributed by atoms with Gasteiger partial charge in [-0.15, -0.1) is 0 Å². The molecule has 1 heterocycles. The first-order valence-corrected chi connectivity index (χ1v) is 6.77. The lowest BCUT2D eigenvalue weighted by Gasteiger charge is -2.13. The molecule has 0 saturated heterocycles. The summed E-state index contributed by atoms with van der Waals surface area (Å²) in [5.74, 6) is 0.665. The molecule has 0 aliphatic carbocycles. The lowest BCUT2D eigenvalue weighted by molar-refractivity contribution is -0.115. The fourth-order valence-electron chi connectivity index (χ4n) is 1.86. The lowest BCUT2D eigenvalue weighted by Crippen LogP contribution is -2.30. The second-order valence-corrected chi connectivity index (χ2v) is 4.63. The number of ether oxygens (including phenoxy) is 1. The van der Waals surface area contributed by atoms with E-state index in [1.807, 2.05) is 25.1 Å². The van der Waals surface area contributed by atoms with Crippen molar-refractivity contribution >= 4 is 11.6 Å². The van der Waals surface area contributed by atoms with Crippen LogP contribution in [0.5, 0.6) is 5.75 Å². The Balaban J connectivity index is 1.81. The van der Waals surface area contributed by atoms with Crippen molar-refractivity contribution in [3.63, 3.8) is 0 Å². The van der Waals surface area contributed by atoms with E-state index in [4.69, 9.17) is 4.74 Å². The number of amides is 1. The molecule has 5 nitrogen and oxygen atoms in total. The van der Waals surface area contributed by atoms with Crippen LogP contribution in [-0.4, -0.2) is 24.5 Å². The first-order valence-electron chi connectivity index (χ1n) is 6.77. The monoisotopic (exact) mass is 285 g/mol.